The molecule has 4 aliphatic rings. The van der Waals surface area contributed by atoms with E-state index >= 15 is 0 Å². The minimum absolute atomic E-state index is 0.0819. The number of hydrogen-bond acceptors (Lipinski definition) is 3. The van der Waals surface area contributed by atoms with Gasteiger partial charge in [0.15, 0.2) is 5.60 Å². The molecular weight excluding hydrogens is 414 g/mol. The summed E-state index contributed by atoms with van der Waals surface area (Å²) in [6.45, 7) is -6.37. The van der Waals surface area contributed by atoms with Crippen LogP contribution in [0.3, 0.4) is 0 Å². The maximum Gasteiger partial charge on any atom is 0.419 e. The van der Waals surface area contributed by atoms with E-state index in [9.17, 15) is 39.3 Å². The van der Waals surface area contributed by atoms with Crippen molar-refractivity contribution in [3.8, 4) is 0 Å². The summed E-state index contributed by atoms with van der Waals surface area (Å²) in [5, 5.41) is 0. The molecule has 0 aromatic heterocycles. The second-order valence-electron chi connectivity index (χ2n) is 8.93. The summed E-state index contributed by atoms with van der Waals surface area (Å²) < 4.78 is 122. The molecule has 164 valence electrons. The first kappa shape index (κ1) is 22.1. The van der Waals surface area contributed by atoms with Crippen LogP contribution >= 0.6 is 0 Å². The summed E-state index contributed by atoms with van der Waals surface area (Å²) in [6.07, 6.45) is -2.58. The van der Waals surface area contributed by atoms with Crippen molar-refractivity contribution in [2.75, 3.05) is 25.8 Å². The monoisotopic (exact) mass is 438 g/mol. The van der Waals surface area contributed by atoms with Gasteiger partial charge in [-0.15, -0.1) is 0 Å². The molecule has 1 N–H and O–H groups in total. The van der Waals surface area contributed by atoms with E-state index in [2.05, 4.69) is 0 Å². The highest BCUT2D eigenvalue weighted by atomic mass is 32.2. The highest BCUT2D eigenvalue weighted by Gasteiger charge is 2.73. The molecule has 0 spiro atoms. The van der Waals surface area contributed by atoms with Gasteiger partial charge >= 0.3 is 6.18 Å². The molecule has 0 aliphatic heterocycles. The van der Waals surface area contributed by atoms with Crippen molar-refractivity contribution in [3.63, 3.8) is 0 Å². The van der Waals surface area contributed by atoms with Gasteiger partial charge in [0.2, 0.25) is 0 Å². The summed E-state index contributed by atoms with van der Waals surface area (Å²) in [4.78, 5) is 0. The highest BCUT2D eigenvalue weighted by Crippen LogP contribution is 2.61. The van der Waals surface area contributed by atoms with E-state index in [1.54, 1.807) is 0 Å². The van der Waals surface area contributed by atoms with Crippen LogP contribution < -0.4 is 0 Å². The molecule has 4 rings (SSSR count). The van der Waals surface area contributed by atoms with E-state index in [0.29, 0.717) is 0 Å². The molecule has 4 saturated carbocycles. The standard InChI is InChI=1S/C17H24F6O4S/c18-7-14(8-19,9-20)16(17(21,22)23,10-28(24,25)26)27-15-4-11-1-12(5-15)3-13(2-11)6-15/h11-13H,1-10H2,(H,24,25,26). The van der Waals surface area contributed by atoms with Gasteiger partial charge in [-0.3, -0.25) is 17.7 Å². The van der Waals surface area contributed by atoms with Crippen LogP contribution in [0.2, 0.25) is 0 Å². The third kappa shape index (κ3) is 3.55. The highest BCUT2D eigenvalue weighted by molar-refractivity contribution is 7.85. The predicted octanol–water partition coefficient (Wildman–Crippen LogP) is 4.06. The third-order valence-electron chi connectivity index (χ3n) is 6.84. The average Bonchev–Trinajstić information content (AvgIpc) is 2.52. The summed E-state index contributed by atoms with van der Waals surface area (Å²) in [5.41, 5.74) is -8.87. The largest absolute Gasteiger partial charge is 0.419 e. The Labute approximate surface area is 159 Å². The Morgan fingerprint density at radius 1 is 0.893 bits per heavy atom. The van der Waals surface area contributed by atoms with Gasteiger partial charge in [-0.1, -0.05) is 0 Å². The first-order chi connectivity index (χ1) is 12.8. The minimum Gasteiger partial charge on any atom is -0.357 e. The summed E-state index contributed by atoms with van der Waals surface area (Å²) in [7, 11) is -5.41. The number of halogens is 6. The number of alkyl halides is 6. The zero-order chi connectivity index (χ0) is 21.0. The molecule has 1 unspecified atom stereocenters. The Morgan fingerprint density at radius 3 is 1.57 bits per heavy atom. The second-order valence-corrected chi connectivity index (χ2v) is 10.4. The number of hydrogen-bond donors (Lipinski definition) is 1. The molecule has 4 bridgehead atoms. The molecule has 0 saturated heterocycles. The lowest BCUT2D eigenvalue weighted by molar-refractivity contribution is -0.361. The van der Waals surface area contributed by atoms with E-state index < -0.39 is 58.7 Å². The van der Waals surface area contributed by atoms with Crippen molar-refractivity contribution in [2.45, 2.75) is 55.9 Å². The lowest BCUT2D eigenvalue weighted by Crippen LogP contribution is -2.70. The van der Waals surface area contributed by atoms with Crippen LogP contribution in [0.25, 0.3) is 0 Å². The zero-order valence-electron chi connectivity index (χ0n) is 15.2. The molecule has 0 amide bonds. The minimum atomic E-state index is -5.63. The van der Waals surface area contributed by atoms with Crippen molar-refractivity contribution >= 4 is 10.1 Å². The number of ether oxygens (including phenoxy) is 1. The van der Waals surface area contributed by atoms with Gasteiger partial charge < -0.3 is 4.74 Å². The Kier molecular flexibility index (Phi) is 5.54. The van der Waals surface area contributed by atoms with Crippen LogP contribution in [0.1, 0.15) is 38.5 Å². The molecule has 4 fully saturated rings. The lowest BCUT2D eigenvalue weighted by atomic mass is 9.54. The SMILES string of the molecule is O=S(=O)(O)CC(OC12CC3CC(CC(C3)C1)C2)(C(F)(F)F)C(CF)(CF)CF. The lowest BCUT2D eigenvalue weighted by Gasteiger charge is -2.60. The maximum absolute atomic E-state index is 14.2. The van der Waals surface area contributed by atoms with Crippen LogP contribution in [0.5, 0.6) is 0 Å². The topological polar surface area (TPSA) is 63.6 Å². The second kappa shape index (κ2) is 7.01. The average molecular weight is 438 g/mol. The fourth-order valence-electron chi connectivity index (χ4n) is 5.94. The quantitative estimate of drug-likeness (QED) is 0.459. The molecule has 28 heavy (non-hydrogen) atoms. The van der Waals surface area contributed by atoms with Gasteiger partial charge in [0.05, 0.1) is 11.0 Å². The van der Waals surface area contributed by atoms with Crippen LogP contribution in [-0.4, -0.2) is 56.1 Å². The van der Waals surface area contributed by atoms with Crippen molar-refractivity contribution < 1.29 is 44.0 Å². The van der Waals surface area contributed by atoms with Gasteiger partial charge in [-0.05, 0) is 56.3 Å². The zero-order valence-corrected chi connectivity index (χ0v) is 16.0. The number of rotatable bonds is 8. The van der Waals surface area contributed by atoms with E-state index in [-0.39, 0.29) is 37.0 Å². The van der Waals surface area contributed by atoms with Gasteiger partial charge in [-0.2, -0.15) is 21.6 Å². The Morgan fingerprint density at radius 2 is 1.29 bits per heavy atom. The van der Waals surface area contributed by atoms with E-state index in [1.165, 1.54) is 0 Å². The Balaban J connectivity index is 2.12. The van der Waals surface area contributed by atoms with Crippen LogP contribution in [-0.2, 0) is 14.9 Å². The van der Waals surface area contributed by atoms with Gasteiger partial charge in [0, 0.05) is 0 Å². The van der Waals surface area contributed by atoms with Crippen LogP contribution in [0, 0.1) is 23.2 Å². The van der Waals surface area contributed by atoms with Gasteiger partial charge in [0.1, 0.15) is 25.8 Å². The van der Waals surface area contributed by atoms with Crippen LogP contribution in [0.15, 0.2) is 0 Å². The Hall–Kier alpha value is -0.550. The van der Waals surface area contributed by atoms with E-state index in [4.69, 9.17) is 4.74 Å². The first-order valence-electron chi connectivity index (χ1n) is 9.23. The molecule has 0 aromatic rings. The summed E-state index contributed by atoms with van der Waals surface area (Å²) >= 11 is 0. The summed E-state index contributed by atoms with van der Waals surface area (Å²) in [5.74, 6) is -1.90. The Bertz CT molecular complexity index is 647. The fourth-order valence-corrected chi connectivity index (χ4v) is 6.99. The molecule has 0 heterocycles. The maximum atomic E-state index is 14.2. The van der Waals surface area contributed by atoms with Crippen molar-refractivity contribution in [3.05, 3.63) is 0 Å². The molecule has 0 aromatic carbocycles. The van der Waals surface area contributed by atoms with Crippen molar-refractivity contribution in [1.29, 1.82) is 0 Å². The normalized spacial score (nSPS) is 35.2. The summed E-state index contributed by atoms with van der Waals surface area (Å²) in [6, 6.07) is 0. The van der Waals surface area contributed by atoms with E-state index in [0.717, 1.165) is 19.3 Å². The third-order valence-corrected chi connectivity index (χ3v) is 7.61. The van der Waals surface area contributed by atoms with Crippen molar-refractivity contribution in [1.82, 2.24) is 0 Å². The van der Waals surface area contributed by atoms with Crippen LogP contribution in [0.4, 0.5) is 26.3 Å². The molecular formula is C17H24F6O4S. The van der Waals surface area contributed by atoms with Crippen molar-refractivity contribution in [2.24, 2.45) is 23.2 Å². The fraction of sp³-hybridized carbons (Fsp3) is 1.00. The first-order valence-corrected chi connectivity index (χ1v) is 10.8. The molecule has 4 aliphatic carbocycles. The smallest absolute Gasteiger partial charge is 0.357 e. The molecule has 1 atom stereocenters. The molecule has 11 heteroatoms. The molecule has 4 nitrogen and oxygen atoms in total. The van der Waals surface area contributed by atoms with E-state index in [1.807, 2.05) is 0 Å². The van der Waals surface area contributed by atoms with Gasteiger partial charge in [-0.25, -0.2) is 0 Å². The molecule has 0 radical (unpaired) electrons. The predicted molar refractivity (Wildman–Crippen MR) is 87.5 cm³/mol. The van der Waals surface area contributed by atoms with Gasteiger partial charge in [0.25, 0.3) is 10.1 Å².